The van der Waals surface area contributed by atoms with Crippen LogP contribution in [0.4, 0.5) is 5.69 Å². The molecule has 0 bridgehead atoms. The minimum atomic E-state index is -1.02. The molecule has 0 aliphatic carbocycles. The van der Waals surface area contributed by atoms with Crippen LogP contribution in [0.5, 0.6) is 0 Å². The number of anilines is 1. The molecule has 0 saturated carbocycles. The van der Waals surface area contributed by atoms with Crippen LogP contribution in [0.3, 0.4) is 0 Å². The summed E-state index contributed by atoms with van der Waals surface area (Å²) in [7, 11) is 0. The molecular formula is C28H30N6O3S. The number of benzene rings is 2. The molecule has 5 N–H and O–H groups in total. The largest absolute Gasteiger partial charge is 0.395 e. The fourth-order valence-electron chi connectivity index (χ4n) is 4.05. The van der Waals surface area contributed by atoms with E-state index in [0.29, 0.717) is 12.0 Å². The Morgan fingerprint density at radius 3 is 2.47 bits per heavy atom. The van der Waals surface area contributed by atoms with Gasteiger partial charge >= 0.3 is 0 Å². The highest BCUT2D eigenvalue weighted by atomic mass is 32.1. The third-order valence-corrected chi connectivity index (χ3v) is 7.31. The van der Waals surface area contributed by atoms with Gasteiger partial charge in [-0.1, -0.05) is 49.4 Å². The number of carbonyl (C=O) groups is 3. The molecule has 3 amide bonds. The van der Waals surface area contributed by atoms with Crippen LogP contribution in [0.15, 0.2) is 66.9 Å². The van der Waals surface area contributed by atoms with E-state index >= 15 is 0 Å². The van der Waals surface area contributed by atoms with Crippen molar-refractivity contribution in [3.05, 3.63) is 88.6 Å². The van der Waals surface area contributed by atoms with Crippen molar-refractivity contribution in [2.45, 2.75) is 45.3 Å². The molecule has 10 heteroatoms. The highest BCUT2D eigenvalue weighted by Crippen LogP contribution is 2.32. The topological polar surface area (TPSA) is 144 Å². The number of nitrogen functional groups attached to an aromatic ring is 1. The van der Waals surface area contributed by atoms with Crippen molar-refractivity contribution < 1.29 is 14.4 Å². The third kappa shape index (κ3) is 5.65. The zero-order valence-corrected chi connectivity index (χ0v) is 22.3. The second-order valence-electron chi connectivity index (χ2n) is 9.64. The zero-order chi connectivity index (χ0) is 27.4. The first-order valence-corrected chi connectivity index (χ1v) is 12.9. The van der Waals surface area contributed by atoms with Gasteiger partial charge in [-0.3, -0.25) is 19.4 Å². The van der Waals surface area contributed by atoms with Crippen molar-refractivity contribution in [2.24, 2.45) is 5.73 Å². The molecule has 0 aliphatic heterocycles. The van der Waals surface area contributed by atoms with Gasteiger partial charge in [0.15, 0.2) is 5.69 Å². The summed E-state index contributed by atoms with van der Waals surface area (Å²) < 4.78 is 4.00. The summed E-state index contributed by atoms with van der Waals surface area (Å²) in [6.07, 6.45) is 2.38. The number of hydrogen-bond acceptors (Lipinski definition) is 7. The Balaban J connectivity index is 1.88. The molecule has 0 fully saturated rings. The maximum absolute atomic E-state index is 14.1. The number of primary amides is 1. The first kappa shape index (κ1) is 26.7. The van der Waals surface area contributed by atoms with Gasteiger partial charge in [-0.25, -0.2) is 0 Å². The number of carbonyl (C=O) groups excluding carboxylic acids is 3. The smallest absolute Gasteiger partial charge is 0.270 e. The van der Waals surface area contributed by atoms with Crippen LogP contribution >= 0.6 is 11.5 Å². The predicted octanol–water partition coefficient (Wildman–Crippen LogP) is 4.06. The Morgan fingerprint density at radius 1 is 1.08 bits per heavy atom. The third-order valence-electron chi connectivity index (χ3n) is 6.46. The molecular weight excluding hydrogens is 500 g/mol. The molecule has 0 unspecified atom stereocenters. The molecule has 0 spiro atoms. The van der Waals surface area contributed by atoms with Gasteiger partial charge in [0, 0.05) is 23.7 Å². The van der Waals surface area contributed by atoms with Crippen molar-refractivity contribution in [3.63, 3.8) is 0 Å². The maximum atomic E-state index is 14.1. The molecule has 2 aromatic carbocycles. The summed E-state index contributed by atoms with van der Waals surface area (Å²) >= 11 is 0.787. The SMILES string of the molecule is CCC(C)(C)NC(=O)[C@H](c1ccc2ncccc2c1)N(Cc1ccccc1)C(=O)c1snc(C(N)=O)c1N. The lowest BCUT2D eigenvalue weighted by Gasteiger charge is -2.34. The predicted molar refractivity (Wildman–Crippen MR) is 148 cm³/mol. The fraction of sp³-hybridized carbons (Fsp3) is 0.250. The van der Waals surface area contributed by atoms with Gasteiger partial charge < -0.3 is 21.7 Å². The van der Waals surface area contributed by atoms with Gasteiger partial charge in [0.2, 0.25) is 5.91 Å². The summed E-state index contributed by atoms with van der Waals surface area (Å²) in [5, 5.41) is 3.93. The number of fused-ring (bicyclic) bond motifs is 1. The molecule has 38 heavy (non-hydrogen) atoms. The lowest BCUT2D eigenvalue weighted by atomic mass is 9.97. The molecule has 9 nitrogen and oxygen atoms in total. The van der Waals surface area contributed by atoms with Crippen molar-refractivity contribution >= 4 is 45.8 Å². The van der Waals surface area contributed by atoms with Gasteiger partial charge in [-0.15, -0.1) is 0 Å². The minimum absolute atomic E-state index is 0.0461. The Hall–Kier alpha value is -4.31. The van der Waals surface area contributed by atoms with E-state index in [-0.39, 0.29) is 28.7 Å². The summed E-state index contributed by atoms with van der Waals surface area (Å²) in [6.45, 7) is 5.94. The van der Waals surface area contributed by atoms with Crippen LogP contribution in [-0.2, 0) is 11.3 Å². The Labute approximate surface area is 225 Å². The van der Waals surface area contributed by atoms with E-state index in [2.05, 4.69) is 14.7 Å². The quantitative estimate of drug-likeness (QED) is 0.298. The first-order valence-electron chi connectivity index (χ1n) is 12.2. The number of rotatable bonds is 9. The van der Waals surface area contributed by atoms with E-state index in [4.69, 9.17) is 11.5 Å². The van der Waals surface area contributed by atoms with Crippen molar-refractivity contribution in [1.29, 1.82) is 0 Å². The standard InChI is InChI=1S/C28H30N6O3S/c1-4-28(2,3)32-26(36)23(19-12-13-20-18(15-19)11-8-14-31-20)34(16-17-9-6-5-7-10-17)27(37)24-21(29)22(25(30)35)33-38-24/h5-15,23H,4,16,29H2,1-3H3,(H2,30,35)(H,32,36)/t23-/m0/s1. The van der Waals surface area contributed by atoms with Crippen LogP contribution in [-0.4, -0.2) is 37.5 Å². The molecule has 2 aromatic heterocycles. The number of nitrogens with two attached hydrogens (primary N) is 2. The average Bonchev–Trinajstić information content (AvgIpc) is 3.29. The number of nitrogens with one attached hydrogen (secondary N) is 1. The zero-order valence-electron chi connectivity index (χ0n) is 21.5. The monoisotopic (exact) mass is 530 g/mol. The number of pyridine rings is 1. The van der Waals surface area contributed by atoms with Crippen molar-refractivity contribution in [2.75, 3.05) is 5.73 Å². The second-order valence-corrected chi connectivity index (χ2v) is 10.4. The second kappa shape index (κ2) is 11.0. The Bertz CT molecular complexity index is 1480. The van der Waals surface area contributed by atoms with E-state index < -0.39 is 23.4 Å². The van der Waals surface area contributed by atoms with Crippen LogP contribution in [0.2, 0.25) is 0 Å². The van der Waals surface area contributed by atoms with Gasteiger partial charge in [0.1, 0.15) is 10.9 Å². The van der Waals surface area contributed by atoms with Gasteiger partial charge in [-0.2, -0.15) is 4.37 Å². The highest BCUT2D eigenvalue weighted by Gasteiger charge is 2.36. The van der Waals surface area contributed by atoms with E-state index in [1.54, 1.807) is 12.3 Å². The molecule has 196 valence electrons. The van der Waals surface area contributed by atoms with E-state index in [0.717, 1.165) is 28.0 Å². The van der Waals surface area contributed by atoms with E-state index in [1.807, 2.05) is 75.4 Å². The molecule has 2 heterocycles. The van der Waals surface area contributed by atoms with Gasteiger partial charge in [0.25, 0.3) is 11.8 Å². The number of amides is 3. The van der Waals surface area contributed by atoms with E-state index in [1.165, 1.54) is 4.90 Å². The highest BCUT2D eigenvalue weighted by molar-refractivity contribution is 7.09. The molecule has 4 rings (SSSR count). The lowest BCUT2D eigenvalue weighted by Crippen LogP contribution is -2.50. The van der Waals surface area contributed by atoms with Crippen LogP contribution < -0.4 is 16.8 Å². The first-order chi connectivity index (χ1) is 18.1. The number of hydrogen-bond donors (Lipinski definition) is 3. The molecule has 0 aliphatic rings. The fourth-order valence-corrected chi connectivity index (χ4v) is 4.81. The van der Waals surface area contributed by atoms with Crippen molar-refractivity contribution in [1.82, 2.24) is 19.6 Å². The Morgan fingerprint density at radius 2 is 1.82 bits per heavy atom. The van der Waals surface area contributed by atoms with Gasteiger partial charge in [0.05, 0.1) is 11.2 Å². The van der Waals surface area contributed by atoms with Crippen LogP contribution in [0, 0.1) is 0 Å². The summed E-state index contributed by atoms with van der Waals surface area (Å²) in [6, 6.07) is 17.5. The molecule has 4 aromatic rings. The summed E-state index contributed by atoms with van der Waals surface area (Å²) in [4.78, 5) is 45.7. The summed E-state index contributed by atoms with van der Waals surface area (Å²) in [5.74, 6) is -1.70. The lowest BCUT2D eigenvalue weighted by molar-refractivity contribution is -0.127. The minimum Gasteiger partial charge on any atom is -0.395 e. The Kier molecular flexibility index (Phi) is 7.72. The average molecular weight is 531 g/mol. The van der Waals surface area contributed by atoms with Crippen LogP contribution in [0.1, 0.15) is 64.5 Å². The molecule has 0 radical (unpaired) electrons. The maximum Gasteiger partial charge on any atom is 0.270 e. The van der Waals surface area contributed by atoms with E-state index in [9.17, 15) is 14.4 Å². The summed E-state index contributed by atoms with van der Waals surface area (Å²) in [5.41, 5.74) is 12.9. The van der Waals surface area contributed by atoms with Crippen LogP contribution in [0.25, 0.3) is 10.9 Å². The normalized spacial score (nSPS) is 12.2. The number of aromatic nitrogens is 2. The molecule has 0 saturated heterocycles. The van der Waals surface area contributed by atoms with Crippen molar-refractivity contribution in [3.8, 4) is 0 Å². The number of nitrogens with zero attached hydrogens (tertiary/aromatic N) is 3. The van der Waals surface area contributed by atoms with Gasteiger partial charge in [-0.05, 0) is 61.1 Å². The molecule has 1 atom stereocenters.